The van der Waals surface area contributed by atoms with Crippen LogP contribution in [0.1, 0.15) is 61.4 Å². The maximum Gasteiger partial charge on any atom is 0.335 e. The van der Waals surface area contributed by atoms with Gasteiger partial charge in [-0.25, -0.2) is 4.79 Å². The van der Waals surface area contributed by atoms with Crippen LogP contribution in [0.5, 0.6) is 5.75 Å². The summed E-state index contributed by atoms with van der Waals surface area (Å²) in [6, 6.07) is 18.0. The van der Waals surface area contributed by atoms with Crippen LogP contribution in [0.3, 0.4) is 0 Å². The van der Waals surface area contributed by atoms with Crippen LogP contribution >= 0.6 is 0 Å². The molecule has 4 fully saturated rings. The average Bonchev–Trinajstić information content (AvgIpc) is 2.87. The van der Waals surface area contributed by atoms with Crippen LogP contribution in [0.4, 0.5) is 0 Å². The molecule has 0 aliphatic heterocycles. The van der Waals surface area contributed by atoms with Crippen molar-refractivity contribution in [1.29, 1.82) is 0 Å². The highest BCUT2D eigenvalue weighted by atomic mass is 16.8. The smallest absolute Gasteiger partial charge is 0.335 e. The van der Waals surface area contributed by atoms with Crippen molar-refractivity contribution in [3.05, 3.63) is 65.7 Å². The lowest BCUT2D eigenvalue weighted by atomic mass is 9.48. The summed E-state index contributed by atoms with van der Waals surface area (Å²) in [4.78, 5) is 11.3. The minimum Gasteiger partial charge on any atom is -0.478 e. The molecular formula is C31H34O5. The van der Waals surface area contributed by atoms with Crippen LogP contribution in [0.25, 0.3) is 21.9 Å². The van der Waals surface area contributed by atoms with Crippen molar-refractivity contribution >= 4 is 16.7 Å². The van der Waals surface area contributed by atoms with Crippen molar-refractivity contribution in [2.75, 3.05) is 13.7 Å². The number of ether oxygens (including phenoxy) is 3. The second-order valence-corrected chi connectivity index (χ2v) is 11.1. The molecule has 0 spiro atoms. The van der Waals surface area contributed by atoms with Crippen LogP contribution in [-0.4, -0.2) is 31.3 Å². The van der Waals surface area contributed by atoms with Crippen molar-refractivity contribution in [2.24, 2.45) is 17.8 Å². The summed E-state index contributed by atoms with van der Waals surface area (Å²) in [6.45, 7) is 1.73. The summed E-state index contributed by atoms with van der Waals surface area (Å²) < 4.78 is 17.6. The minimum absolute atomic E-state index is 0.155. The summed E-state index contributed by atoms with van der Waals surface area (Å²) in [5.74, 6) is 2.44. The maximum absolute atomic E-state index is 11.3. The Morgan fingerprint density at radius 3 is 2.14 bits per heavy atom. The molecular weight excluding hydrogens is 452 g/mol. The Bertz CT molecular complexity index is 1240. The van der Waals surface area contributed by atoms with E-state index in [2.05, 4.69) is 30.3 Å². The summed E-state index contributed by atoms with van der Waals surface area (Å²) in [7, 11) is 1.62. The third kappa shape index (κ3) is 4.18. The number of rotatable bonds is 8. The lowest BCUT2D eigenvalue weighted by Crippen LogP contribution is -2.48. The van der Waals surface area contributed by atoms with Crippen LogP contribution in [0.15, 0.2) is 54.6 Å². The molecule has 5 heteroatoms. The summed E-state index contributed by atoms with van der Waals surface area (Å²) >= 11 is 0. The van der Waals surface area contributed by atoms with Crippen molar-refractivity contribution in [1.82, 2.24) is 0 Å². The molecule has 0 amide bonds. The lowest BCUT2D eigenvalue weighted by Gasteiger charge is -2.57. The molecule has 7 rings (SSSR count). The number of aromatic carboxylic acids is 1. The van der Waals surface area contributed by atoms with Crippen molar-refractivity contribution < 1.29 is 24.1 Å². The normalized spacial score (nSPS) is 27.3. The largest absolute Gasteiger partial charge is 0.478 e. The van der Waals surface area contributed by atoms with Crippen LogP contribution in [0, 0.1) is 17.8 Å². The highest BCUT2D eigenvalue weighted by molar-refractivity contribution is 5.91. The fourth-order valence-corrected chi connectivity index (χ4v) is 7.60. The molecule has 1 N–H and O–H groups in total. The van der Waals surface area contributed by atoms with Gasteiger partial charge in [-0.15, -0.1) is 0 Å². The first-order valence-electron chi connectivity index (χ1n) is 13.2. The first-order chi connectivity index (χ1) is 17.5. The SMILES string of the molecule is CCOC(OC)Oc1cc2ccc(-c3ccc(C(=O)O)cc3)cc2cc1C12CC3CC(CC(C3)C1)C2. The highest BCUT2D eigenvalue weighted by Crippen LogP contribution is 2.62. The Morgan fingerprint density at radius 1 is 0.917 bits per heavy atom. The van der Waals surface area contributed by atoms with Gasteiger partial charge in [0.15, 0.2) is 0 Å². The van der Waals surface area contributed by atoms with Crippen LogP contribution in [-0.2, 0) is 14.9 Å². The Morgan fingerprint density at radius 2 is 1.56 bits per heavy atom. The fraction of sp³-hybridized carbons (Fsp3) is 0.452. The van der Waals surface area contributed by atoms with Gasteiger partial charge in [0.1, 0.15) is 5.75 Å². The van der Waals surface area contributed by atoms with Gasteiger partial charge in [0.25, 0.3) is 0 Å². The quantitative estimate of drug-likeness (QED) is 0.347. The van der Waals surface area contributed by atoms with Gasteiger partial charge < -0.3 is 19.3 Å². The van der Waals surface area contributed by atoms with E-state index < -0.39 is 12.4 Å². The molecule has 3 aromatic rings. The number of carboxylic acids is 1. The van der Waals surface area contributed by atoms with Gasteiger partial charge in [-0.3, -0.25) is 0 Å². The number of carboxylic acid groups (broad SMARTS) is 1. The molecule has 4 aliphatic carbocycles. The molecule has 4 aliphatic rings. The van der Waals surface area contributed by atoms with Crippen molar-refractivity contribution in [3.8, 4) is 16.9 Å². The van der Waals surface area contributed by atoms with E-state index in [1.807, 2.05) is 19.1 Å². The summed E-state index contributed by atoms with van der Waals surface area (Å²) in [5.41, 5.74) is 3.84. The molecule has 4 saturated carbocycles. The highest BCUT2D eigenvalue weighted by Gasteiger charge is 2.52. The first-order valence-corrected chi connectivity index (χ1v) is 13.2. The first kappa shape index (κ1) is 23.5. The van der Waals surface area contributed by atoms with Crippen LogP contribution in [0.2, 0.25) is 0 Å². The van der Waals surface area contributed by atoms with E-state index >= 15 is 0 Å². The lowest BCUT2D eigenvalue weighted by molar-refractivity contribution is -0.231. The van der Waals surface area contributed by atoms with Gasteiger partial charge in [-0.2, -0.15) is 0 Å². The number of fused-ring (bicyclic) bond motifs is 1. The standard InChI is InChI=1S/C31H34O5/c1-3-35-30(34-2)36-28-15-25-9-8-24(22-4-6-23(7-5-22)29(32)33)13-26(25)14-27(28)31-16-19-10-20(17-31)12-21(11-19)18-31/h4-9,13-15,19-21,30H,3,10-12,16-18H2,1-2H3,(H,32,33). The molecule has 0 heterocycles. The molecule has 4 bridgehead atoms. The molecule has 5 nitrogen and oxygen atoms in total. The predicted molar refractivity (Wildman–Crippen MR) is 139 cm³/mol. The second kappa shape index (κ2) is 9.20. The fourth-order valence-electron chi connectivity index (χ4n) is 7.60. The molecule has 36 heavy (non-hydrogen) atoms. The van der Waals surface area contributed by atoms with Gasteiger partial charge >= 0.3 is 12.4 Å². The number of hydrogen-bond acceptors (Lipinski definition) is 4. The zero-order valence-electron chi connectivity index (χ0n) is 21.0. The van der Waals surface area contributed by atoms with Gasteiger partial charge in [-0.1, -0.05) is 24.3 Å². The number of carbonyl (C=O) groups is 1. The number of hydrogen-bond donors (Lipinski definition) is 1. The molecule has 0 aromatic heterocycles. The molecule has 3 aromatic carbocycles. The van der Waals surface area contributed by atoms with E-state index in [1.165, 1.54) is 49.5 Å². The molecule has 0 radical (unpaired) electrons. The van der Waals surface area contributed by atoms with E-state index in [9.17, 15) is 9.90 Å². The Labute approximate surface area is 212 Å². The topological polar surface area (TPSA) is 65.0 Å². The van der Waals surface area contributed by atoms with E-state index in [4.69, 9.17) is 14.2 Å². The zero-order valence-corrected chi connectivity index (χ0v) is 21.0. The number of benzene rings is 3. The van der Waals surface area contributed by atoms with E-state index in [-0.39, 0.29) is 5.41 Å². The molecule has 188 valence electrons. The maximum atomic E-state index is 11.3. The van der Waals surface area contributed by atoms with E-state index in [0.717, 1.165) is 40.0 Å². The molecule has 0 saturated heterocycles. The second-order valence-electron chi connectivity index (χ2n) is 11.1. The monoisotopic (exact) mass is 486 g/mol. The third-order valence-corrected chi connectivity index (χ3v) is 8.73. The minimum atomic E-state index is -0.908. The third-order valence-electron chi connectivity index (χ3n) is 8.73. The van der Waals surface area contributed by atoms with Crippen LogP contribution < -0.4 is 4.74 Å². The van der Waals surface area contributed by atoms with Crippen molar-refractivity contribution in [2.45, 2.75) is 57.3 Å². The number of methoxy groups -OCH3 is 1. The van der Waals surface area contributed by atoms with Gasteiger partial charge in [0.05, 0.1) is 12.2 Å². The summed E-state index contributed by atoms with van der Waals surface area (Å²) in [6.07, 6.45) is 7.88. The Balaban J connectivity index is 1.44. The average molecular weight is 487 g/mol. The van der Waals surface area contributed by atoms with E-state index in [1.54, 1.807) is 19.2 Å². The molecule has 1 unspecified atom stereocenters. The Hall–Kier alpha value is -2.89. The summed E-state index contributed by atoms with van der Waals surface area (Å²) in [5, 5.41) is 11.5. The van der Waals surface area contributed by atoms with Crippen molar-refractivity contribution in [3.63, 3.8) is 0 Å². The zero-order chi connectivity index (χ0) is 24.9. The van der Waals surface area contributed by atoms with Gasteiger partial charge in [-0.05, 0) is 121 Å². The molecule has 1 atom stereocenters. The van der Waals surface area contributed by atoms with Gasteiger partial charge in [0.2, 0.25) is 0 Å². The van der Waals surface area contributed by atoms with Gasteiger partial charge in [0, 0.05) is 12.7 Å². The Kier molecular flexibility index (Phi) is 6.01. The predicted octanol–water partition coefficient (Wildman–Crippen LogP) is 7.02. The van der Waals surface area contributed by atoms with E-state index in [0.29, 0.717) is 12.2 Å².